The Labute approximate surface area is 125 Å². The van der Waals surface area contributed by atoms with Crippen LogP contribution in [0.4, 0.5) is 0 Å². The van der Waals surface area contributed by atoms with Crippen molar-refractivity contribution >= 4 is 11.9 Å². The number of hydrogen-bond donors (Lipinski definition) is 0. The second-order valence-corrected chi connectivity index (χ2v) is 5.11. The first-order chi connectivity index (χ1) is 9.93. The van der Waals surface area contributed by atoms with Crippen LogP contribution in [0.2, 0.25) is 0 Å². The predicted molar refractivity (Wildman–Crippen MR) is 83.8 cm³/mol. The minimum atomic E-state index is -0.0401. The molecule has 0 atom stereocenters. The number of ketones is 1. The molecule has 0 aliphatic carbocycles. The van der Waals surface area contributed by atoms with E-state index < -0.39 is 0 Å². The van der Waals surface area contributed by atoms with Crippen LogP contribution in [0, 0.1) is 20.8 Å². The molecule has 1 aromatic carbocycles. The molecule has 0 aliphatic rings. The van der Waals surface area contributed by atoms with E-state index in [1.807, 2.05) is 46.0 Å². The van der Waals surface area contributed by atoms with Gasteiger partial charge in [0, 0.05) is 18.3 Å². The van der Waals surface area contributed by atoms with Gasteiger partial charge in [-0.15, -0.1) is 0 Å². The molecule has 0 radical (unpaired) electrons. The Morgan fingerprint density at radius 2 is 2.00 bits per heavy atom. The summed E-state index contributed by atoms with van der Waals surface area (Å²) in [6, 6.07) is 5.87. The smallest absolute Gasteiger partial charge is 0.189 e. The second kappa shape index (κ2) is 5.95. The molecule has 0 aliphatic heterocycles. The van der Waals surface area contributed by atoms with E-state index in [0.717, 1.165) is 28.3 Å². The number of ether oxygens (including phenoxy) is 1. The second-order valence-electron chi connectivity index (χ2n) is 5.11. The van der Waals surface area contributed by atoms with Gasteiger partial charge in [0.2, 0.25) is 0 Å². The SMILES string of the molecule is COc1ccc(C)cc1C=CC(=O)c1c(C)nn(C)c1C. The van der Waals surface area contributed by atoms with E-state index in [-0.39, 0.29) is 5.78 Å². The minimum absolute atomic E-state index is 0.0401. The van der Waals surface area contributed by atoms with Crippen LogP contribution in [-0.4, -0.2) is 22.7 Å². The normalized spacial score (nSPS) is 11.1. The molecular weight excluding hydrogens is 264 g/mol. The minimum Gasteiger partial charge on any atom is -0.496 e. The zero-order valence-corrected chi connectivity index (χ0v) is 13.1. The number of carbonyl (C=O) groups excluding carboxylic acids is 1. The Hall–Kier alpha value is -2.36. The highest BCUT2D eigenvalue weighted by Crippen LogP contribution is 2.22. The van der Waals surface area contributed by atoms with Crippen LogP contribution < -0.4 is 4.74 Å². The van der Waals surface area contributed by atoms with Gasteiger partial charge in [-0.25, -0.2) is 0 Å². The molecule has 0 unspecified atom stereocenters. The van der Waals surface area contributed by atoms with Crippen LogP contribution in [0.25, 0.3) is 6.08 Å². The maximum atomic E-state index is 12.4. The number of allylic oxidation sites excluding steroid dienone is 1. The number of carbonyl (C=O) groups is 1. The van der Waals surface area contributed by atoms with Crippen LogP contribution in [0.5, 0.6) is 5.75 Å². The first-order valence-corrected chi connectivity index (χ1v) is 6.81. The standard InChI is InChI=1S/C17H20N2O2/c1-11-6-9-16(21-5)14(10-11)7-8-15(20)17-12(2)18-19(4)13(17)3/h6-10H,1-5H3. The van der Waals surface area contributed by atoms with E-state index in [1.54, 1.807) is 23.9 Å². The Kier molecular flexibility index (Phi) is 4.26. The Bertz CT molecular complexity index is 712. The quantitative estimate of drug-likeness (QED) is 0.639. The highest BCUT2D eigenvalue weighted by atomic mass is 16.5. The summed E-state index contributed by atoms with van der Waals surface area (Å²) in [7, 11) is 3.46. The van der Waals surface area contributed by atoms with Crippen molar-refractivity contribution in [2.45, 2.75) is 20.8 Å². The van der Waals surface area contributed by atoms with E-state index in [1.165, 1.54) is 0 Å². The molecule has 4 heteroatoms. The summed E-state index contributed by atoms with van der Waals surface area (Å²) in [5.41, 5.74) is 4.31. The van der Waals surface area contributed by atoms with Crippen LogP contribution in [0.3, 0.4) is 0 Å². The maximum absolute atomic E-state index is 12.4. The van der Waals surface area contributed by atoms with Crippen molar-refractivity contribution in [3.8, 4) is 5.75 Å². The predicted octanol–water partition coefficient (Wildman–Crippen LogP) is 3.25. The van der Waals surface area contributed by atoms with E-state index in [9.17, 15) is 4.79 Å². The first-order valence-electron chi connectivity index (χ1n) is 6.81. The fourth-order valence-electron chi connectivity index (χ4n) is 2.36. The third-order valence-electron chi connectivity index (χ3n) is 3.55. The number of benzene rings is 1. The molecule has 2 aromatic rings. The highest BCUT2D eigenvalue weighted by Gasteiger charge is 2.14. The first kappa shape index (κ1) is 15.0. The zero-order valence-electron chi connectivity index (χ0n) is 13.1. The van der Waals surface area contributed by atoms with Crippen LogP contribution in [0.15, 0.2) is 24.3 Å². The lowest BCUT2D eigenvalue weighted by molar-refractivity contribution is 0.104. The number of nitrogens with zero attached hydrogens (tertiary/aromatic N) is 2. The molecular formula is C17H20N2O2. The van der Waals surface area contributed by atoms with E-state index >= 15 is 0 Å². The molecule has 0 bridgehead atoms. The molecule has 2 rings (SSSR count). The Balaban J connectivity index is 2.33. The summed E-state index contributed by atoms with van der Waals surface area (Å²) >= 11 is 0. The fraction of sp³-hybridized carbons (Fsp3) is 0.294. The number of aryl methyl sites for hydroxylation is 3. The van der Waals surface area contributed by atoms with Crippen molar-refractivity contribution in [3.63, 3.8) is 0 Å². The molecule has 110 valence electrons. The van der Waals surface area contributed by atoms with Crippen molar-refractivity contribution in [1.29, 1.82) is 0 Å². The molecule has 0 amide bonds. The monoisotopic (exact) mass is 284 g/mol. The summed E-state index contributed by atoms with van der Waals surface area (Å²) < 4.78 is 7.04. The summed E-state index contributed by atoms with van der Waals surface area (Å²) in [6.07, 6.45) is 3.37. The lowest BCUT2D eigenvalue weighted by atomic mass is 10.1. The average molecular weight is 284 g/mol. The molecule has 0 saturated heterocycles. The van der Waals surface area contributed by atoms with Crippen LogP contribution in [-0.2, 0) is 7.05 Å². The lowest BCUT2D eigenvalue weighted by Crippen LogP contribution is -1.99. The number of hydrogen-bond acceptors (Lipinski definition) is 3. The third kappa shape index (κ3) is 3.05. The van der Waals surface area contributed by atoms with Crippen molar-refractivity contribution in [3.05, 3.63) is 52.4 Å². The van der Waals surface area contributed by atoms with Gasteiger partial charge in [-0.2, -0.15) is 5.10 Å². The third-order valence-corrected chi connectivity index (χ3v) is 3.55. The molecule has 0 saturated carbocycles. The average Bonchev–Trinajstić information content (AvgIpc) is 2.70. The van der Waals surface area contributed by atoms with E-state index in [4.69, 9.17) is 4.74 Å². The summed E-state index contributed by atoms with van der Waals surface area (Å²) in [4.78, 5) is 12.4. The van der Waals surface area contributed by atoms with Gasteiger partial charge in [-0.05, 0) is 45.1 Å². The van der Waals surface area contributed by atoms with Gasteiger partial charge in [-0.3, -0.25) is 9.48 Å². The lowest BCUT2D eigenvalue weighted by Gasteiger charge is -2.05. The van der Waals surface area contributed by atoms with Crippen molar-refractivity contribution in [2.75, 3.05) is 7.11 Å². The fourth-order valence-corrected chi connectivity index (χ4v) is 2.36. The Morgan fingerprint density at radius 3 is 2.57 bits per heavy atom. The molecule has 4 nitrogen and oxygen atoms in total. The Morgan fingerprint density at radius 1 is 1.29 bits per heavy atom. The number of aromatic nitrogens is 2. The largest absolute Gasteiger partial charge is 0.496 e. The summed E-state index contributed by atoms with van der Waals surface area (Å²) in [5.74, 6) is 0.714. The molecule has 1 aromatic heterocycles. The van der Waals surface area contributed by atoms with Gasteiger partial charge in [0.15, 0.2) is 5.78 Å². The molecule has 1 heterocycles. The van der Waals surface area contributed by atoms with Gasteiger partial charge in [0.25, 0.3) is 0 Å². The van der Waals surface area contributed by atoms with Crippen LogP contribution in [0.1, 0.15) is 32.9 Å². The number of methoxy groups -OCH3 is 1. The van der Waals surface area contributed by atoms with Gasteiger partial charge >= 0.3 is 0 Å². The van der Waals surface area contributed by atoms with Crippen molar-refractivity contribution < 1.29 is 9.53 Å². The van der Waals surface area contributed by atoms with Gasteiger partial charge in [0.05, 0.1) is 18.4 Å². The highest BCUT2D eigenvalue weighted by molar-refractivity contribution is 6.08. The molecule has 21 heavy (non-hydrogen) atoms. The van der Waals surface area contributed by atoms with Crippen molar-refractivity contribution in [1.82, 2.24) is 9.78 Å². The van der Waals surface area contributed by atoms with Gasteiger partial charge in [0.1, 0.15) is 5.75 Å². The summed E-state index contributed by atoms with van der Waals surface area (Å²) in [5, 5.41) is 4.27. The maximum Gasteiger partial charge on any atom is 0.189 e. The van der Waals surface area contributed by atoms with Gasteiger partial charge < -0.3 is 4.74 Å². The van der Waals surface area contributed by atoms with E-state index in [0.29, 0.717) is 5.56 Å². The van der Waals surface area contributed by atoms with Crippen molar-refractivity contribution in [2.24, 2.45) is 7.05 Å². The molecule has 0 fully saturated rings. The molecule has 0 N–H and O–H groups in total. The van der Waals surface area contributed by atoms with E-state index in [2.05, 4.69) is 5.10 Å². The van der Waals surface area contributed by atoms with Crippen LogP contribution >= 0.6 is 0 Å². The number of rotatable bonds is 4. The molecule has 0 spiro atoms. The zero-order chi connectivity index (χ0) is 15.6. The van der Waals surface area contributed by atoms with Gasteiger partial charge in [-0.1, -0.05) is 11.6 Å². The summed E-state index contributed by atoms with van der Waals surface area (Å²) in [6.45, 7) is 5.75. The topological polar surface area (TPSA) is 44.1 Å².